The summed E-state index contributed by atoms with van der Waals surface area (Å²) in [5.41, 5.74) is 2.54. The first kappa shape index (κ1) is 19.7. The molecule has 0 heterocycles. The van der Waals surface area contributed by atoms with Gasteiger partial charge in [-0.15, -0.1) is 0 Å². The molecule has 0 radical (unpaired) electrons. The van der Waals surface area contributed by atoms with Gasteiger partial charge in [-0.1, -0.05) is 60.7 Å². The van der Waals surface area contributed by atoms with Gasteiger partial charge in [-0.05, 0) is 24.3 Å². The maximum absolute atomic E-state index is 12.7. The summed E-state index contributed by atoms with van der Waals surface area (Å²) >= 11 is 0. The average molecular weight is 392 g/mol. The molecule has 0 unspecified atom stereocenters. The predicted molar refractivity (Wildman–Crippen MR) is 110 cm³/mol. The van der Waals surface area contributed by atoms with Gasteiger partial charge in [0.2, 0.25) is 10.0 Å². The Morgan fingerprint density at radius 3 is 1.61 bits per heavy atom. The van der Waals surface area contributed by atoms with Crippen LogP contribution in [0.1, 0.15) is 21.5 Å². The van der Waals surface area contributed by atoms with Crippen molar-refractivity contribution in [2.24, 2.45) is 4.99 Å². The summed E-state index contributed by atoms with van der Waals surface area (Å²) in [7, 11) is -0.616. The highest BCUT2D eigenvalue weighted by Crippen LogP contribution is 2.16. The largest absolute Gasteiger partial charge is 0.277 e. The van der Waals surface area contributed by atoms with Gasteiger partial charge in [-0.25, -0.2) is 17.7 Å². The van der Waals surface area contributed by atoms with E-state index < -0.39 is 15.9 Å². The van der Waals surface area contributed by atoms with E-state index in [0.717, 1.165) is 15.4 Å². The fourth-order valence-electron chi connectivity index (χ4n) is 2.63. The summed E-state index contributed by atoms with van der Waals surface area (Å²) in [6.45, 7) is 0. The molecule has 1 amide bonds. The molecule has 0 aliphatic heterocycles. The lowest BCUT2D eigenvalue weighted by Crippen LogP contribution is -2.22. The van der Waals surface area contributed by atoms with Crippen LogP contribution in [0.15, 0.2) is 94.8 Å². The number of aliphatic imine (C=N–C) groups is 1. The van der Waals surface area contributed by atoms with Crippen LogP contribution < -0.4 is 0 Å². The van der Waals surface area contributed by atoms with Gasteiger partial charge < -0.3 is 0 Å². The van der Waals surface area contributed by atoms with Gasteiger partial charge in [0, 0.05) is 30.8 Å². The van der Waals surface area contributed by atoms with Crippen LogP contribution in [0, 0.1) is 0 Å². The third-order valence-electron chi connectivity index (χ3n) is 4.19. The molecule has 142 valence electrons. The molecule has 5 nitrogen and oxygen atoms in total. The molecule has 0 saturated heterocycles. The number of benzene rings is 3. The van der Waals surface area contributed by atoms with Crippen LogP contribution in [0.25, 0.3) is 0 Å². The van der Waals surface area contributed by atoms with Crippen LogP contribution in [0.4, 0.5) is 0 Å². The molecule has 0 atom stereocenters. The van der Waals surface area contributed by atoms with Gasteiger partial charge in [0.25, 0.3) is 5.91 Å². The van der Waals surface area contributed by atoms with Crippen LogP contribution in [-0.2, 0) is 10.0 Å². The van der Waals surface area contributed by atoms with E-state index in [9.17, 15) is 13.2 Å². The Morgan fingerprint density at radius 1 is 0.714 bits per heavy atom. The van der Waals surface area contributed by atoms with E-state index in [1.54, 1.807) is 0 Å². The zero-order valence-corrected chi connectivity index (χ0v) is 16.4. The molecule has 0 aliphatic carbocycles. The zero-order chi connectivity index (χ0) is 20.1. The smallest absolute Gasteiger partial charge is 0.267 e. The van der Waals surface area contributed by atoms with Gasteiger partial charge in [0.1, 0.15) is 0 Å². The molecular formula is C22H20N2O3S. The Morgan fingerprint density at radius 2 is 1.18 bits per heavy atom. The molecule has 0 saturated carbocycles. The minimum absolute atomic E-state index is 0.129. The van der Waals surface area contributed by atoms with Crippen LogP contribution in [0.3, 0.4) is 0 Å². The molecule has 3 rings (SSSR count). The summed E-state index contributed by atoms with van der Waals surface area (Å²) in [5, 5.41) is 0. The molecule has 3 aromatic carbocycles. The van der Waals surface area contributed by atoms with Crippen LogP contribution >= 0.6 is 0 Å². The van der Waals surface area contributed by atoms with E-state index in [1.165, 1.54) is 38.4 Å². The Labute approximate surface area is 165 Å². The van der Waals surface area contributed by atoms with Crippen molar-refractivity contribution in [3.05, 3.63) is 102 Å². The third-order valence-corrected chi connectivity index (χ3v) is 6.02. The summed E-state index contributed by atoms with van der Waals surface area (Å²) in [5.74, 6) is -0.434. The van der Waals surface area contributed by atoms with E-state index in [0.29, 0.717) is 11.3 Å². The van der Waals surface area contributed by atoms with Gasteiger partial charge >= 0.3 is 0 Å². The minimum Gasteiger partial charge on any atom is -0.267 e. The number of rotatable bonds is 5. The fourth-order valence-corrected chi connectivity index (χ4v) is 3.54. The van der Waals surface area contributed by atoms with Crippen molar-refractivity contribution in [3.63, 3.8) is 0 Å². The van der Waals surface area contributed by atoms with Crippen LogP contribution in [0.5, 0.6) is 0 Å². The minimum atomic E-state index is -3.54. The summed E-state index contributed by atoms with van der Waals surface area (Å²) in [4.78, 5) is 17.2. The lowest BCUT2D eigenvalue weighted by molar-refractivity contribution is 0.100. The second-order valence-corrected chi connectivity index (χ2v) is 8.46. The van der Waals surface area contributed by atoms with E-state index in [2.05, 4.69) is 4.99 Å². The zero-order valence-electron chi connectivity index (χ0n) is 15.6. The Balaban J connectivity index is 1.99. The molecule has 0 aliphatic rings. The highest BCUT2D eigenvalue weighted by Gasteiger charge is 2.18. The molecule has 0 N–H and O–H groups in total. The summed E-state index contributed by atoms with van der Waals surface area (Å²) in [6, 6.07) is 24.7. The second-order valence-electron chi connectivity index (χ2n) is 6.31. The Bertz CT molecular complexity index is 1050. The lowest BCUT2D eigenvalue weighted by atomic mass is 10.0. The van der Waals surface area contributed by atoms with E-state index in [-0.39, 0.29) is 4.90 Å². The molecule has 0 bridgehead atoms. The number of sulfonamides is 1. The van der Waals surface area contributed by atoms with Crippen molar-refractivity contribution in [2.75, 3.05) is 14.1 Å². The van der Waals surface area contributed by atoms with E-state index in [1.807, 2.05) is 60.7 Å². The fraction of sp³-hybridized carbons (Fsp3) is 0.0909. The maximum atomic E-state index is 12.7. The molecule has 28 heavy (non-hydrogen) atoms. The monoisotopic (exact) mass is 392 g/mol. The van der Waals surface area contributed by atoms with Crippen molar-refractivity contribution >= 4 is 21.6 Å². The number of nitrogens with zero attached hydrogens (tertiary/aromatic N) is 2. The van der Waals surface area contributed by atoms with Gasteiger partial charge in [0.15, 0.2) is 0 Å². The number of carbonyl (C=O) groups excluding carboxylic acids is 1. The van der Waals surface area contributed by atoms with Gasteiger partial charge in [0.05, 0.1) is 10.6 Å². The molecule has 0 aromatic heterocycles. The number of amides is 1. The second kappa shape index (κ2) is 8.29. The number of hydrogen-bond donors (Lipinski definition) is 0. The Hall–Kier alpha value is -3.09. The summed E-state index contributed by atoms with van der Waals surface area (Å²) in [6.07, 6.45) is 0. The third kappa shape index (κ3) is 4.24. The van der Waals surface area contributed by atoms with Gasteiger partial charge in [-0.3, -0.25) is 4.79 Å². The van der Waals surface area contributed by atoms with Crippen LogP contribution in [-0.4, -0.2) is 38.4 Å². The van der Waals surface area contributed by atoms with Crippen molar-refractivity contribution < 1.29 is 13.2 Å². The van der Waals surface area contributed by atoms with E-state index in [4.69, 9.17) is 0 Å². The normalized spacial score (nSPS) is 11.2. The maximum Gasteiger partial charge on any atom is 0.277 e. The summed E-state index contributed by atoms with van der Waals surface area (Å²) < 4.78 is 25.5. The standard InChI is InChI=1S/C22H20N2O3S/c1-24(2)28(26,27)20-15-13-19(14-16-20)22(25)23-21(17-9-5-3-6-10-17)18-11-7-4-8-12-18/h3-16H,1-2H3. The SMILES string of the molecule is CN(C)S(=O)(=O)c1ccc(C(=O)N=C(c2ccccc2)c2ccccc2)cc1. The Kier molecular flexibility index (Phi) is 5.82. The first-order valence-corrected chi connectivity index (χ1v) is 10.1. The molecule has 3 aromatic rings. The highest BCUT2D eigenvalue weighted by molar-refractivity contribution is 7.89. The topological polar surface area (TPSA) is 66.8 Å². The number of hydrogen-bond acceptors (Lipinski definition) is 3. The first-order chi connectivity index (χ1) is 13.4. The average Bonchev–Trinajstić information content (AvgIpc) is 2.73. The van der Waals surface area contributed by atoms with Crippen molar-refractivity contribution in [1.82, 2.24) is 4.31 Å². The molecular weight excluding hydrogens is 372 g/mol. The molecule has 6 heteroatoms. The lowest BCUT2D eigenvalue weighted by Gasteiger charge is -2.11. The predicted octanol–water partition coefficient (Wildman–Crippen LogP) is 3.61. The van der Waals surface area contributed by atoms with Crippen molar-refractivity contribution in [1.29, 1.82) is 0 Å². The molecule has 0 spiro atoms. The van der Waals surface area contributed by atoms with Crippen molar-refractivity contribution in [3.8, 4) is 0 Å². The molecule has 0 fully saturated rings. The number of carbonyl (C=O) groups is 1. The van der Waals surface area contributed by atoms with Gasteiger partial charge in [-0.2, -0.15) is 0 Å². The quantitative estimate of drug-likeness (QED) is 0.623. The highest BCUT2D eigenvalue weighted by atomic mass is 32.2. The first-order valence-electron chi connectivity index (χ1n) is 8.66. The van der Waals surface area contributed by atoms with Crippen LogP contribution in [0.2, 0.25) is 0 Å². The van der Waals surface area contributed by atoms with E-state index >= 15 is 0 Å². The van der Waals surface area contributed by atoms with Crippen molar-refractivity contribution in [2.45, 2.75) is 4.90 Å².